The maximum atomic E-state index is 10.1. The second-order valence-corrected chi connectivity index (χ2v) is 5.80. The second kappa shape index (κ2) is 11.6. The molecule has 2 atom stereocenters. The summed E-state index contributed by atoms with van der Waals surface area (Å²) in [5, 5.41) is 13.4. The highest BCUT2D eigenvalue weighted by Crippen LogP contribution is 2.38. The molecular weight excluding hydrogens is 367 g/mol. The molecule has 1 saturated heterocycles. The summed E-state index contributed by atoms with van der Waals surface area (Å²) >= 11 is 0. The van der Waals surface area contributed by atoms with Crippen molar-refractivity contribution in [1.29, 1.82) is 0 Å². The van der Waals surface area contributed by atoms with Crippen molar-refractivity contribution in [3.8, 4) is 17.2 Å². The summed E-state index contributed by atoms with van der Waals surface area (Å²) in [7, 11) is 4.85. The van der Waals surface area contributed by atoms with Gasteiger partial charge in [0.15, 0.2) is 11.5 Å². The van der Waals surface area contributed by atoms with E-state index in [0.29, 0.717) is 17.2 Å². The molecule has 2 N–H and O–H groups in total. The van der Waals surface area contributed by atoms with E-state index in [4.69, 9.17) is 14.2 Å². The van der Waals surface area contributed by atoms with Crippen LogP contribution in [-0.2, 0) is 6.54 Å². The van der Waals surface area contributed by atoms with Gasteiger partial charge < -0.3 is 24.6 Å². The Labute approximate surface area is 162 Å². The van der Waals surface area contributed by atoms with Gasteiger partial charge in [0.05, 0.1) is 27.4 Å². The van der Waals surface area contributed by atoms with Gasteiger partial charge in [-0.25, -0.2) is 0 Å². The van der Waals surface area contributed by atoms with Gasteiger partial charge in [-0.1, -0.05) is 6.92 Å². The third kappa shape index (κ3) is 6.08. The molecule has 2 unspecified atom stereocenters. The van der Waals surface area contributed by atoms with Gasteiger partial charge in [-0.05, 0) is 24.1 Å². The Kier molecular flexibility index (Phi) is 11.2. The predicted octanol–water partition coefficient (Wildman–Crippen LogP) is 2.10. The minimum Gasteiger partial charge on any atom is -0.493 e. The monoisotopic (exact) mass is 396 g/mol. The molecule has 0 aromatic heterocycles. The maximum absolute atomic E-state index is 10.1. The van der Waals surface area contributed by atoms with Crippen molar-refractivity contribution in [2.24, 2.45) is 0 Å². The van der Waals surface area contributed by atoms with Crippen molar-refractivity contribution in [2.75, 3.05) is 41.0 Å². The Balaban J connectivity index is 0.00000288. The first-order valence-corrected chi connectivity index (χ1v) is 8.05. The SMILES string of the molecule is CCC(O)C1CN(Cc2cc(OC)c(OC)c(OC)c2)CCN1.Cl.Cl. The summed E-state index contributed by atoms with van der Waals surface area (Å²) in [6.45, 7) is 5.44. The van der Waals surface area contributed by atoms with Crippen LogP contribution >= 0.6 is 24.8 Å². The molecule has 2 rings (SSSR count). The van der Waals surface area contributed by atoms with E-state index in [1.165, 1.54) is 0 Å². The fraction of sp³-hybridized carbons (Fsp3) is 0.647. The fourth-order valence-electron chi connectivity index (χ4n) is 3.01. The minimum absolute atomic E-state index is 0. The Bertz CT molecular complexity index is 494. The van der Waals surface area contributed by atoms with Crippen molar-refractivity contribution in [3.05, 3.63) is 17.7 Å². The van der Waals surface area contributed by atoms with E-state index in [1.807, 2.05) is 19.1 Å². The molecule has 1 aromatic carbocycles. The van der Waals surface area contributed by atoms with Crippen LogP contribution in [-0.4, -0.2) is 63.1 Å². The number of hydrogen-bond acceptors (Lipinski definition) is 6. The largest absolute Gasteiger partial charge is 0.493 e. The van der Waals surface area contributed by atoms with Crippen molar-refractivity contribution in [1.82, 2.24) is 10.2 Å². The predicted molar refractivity (Wildman–Crippen MR) is 104 cm³/mol. The number of nitrogens with one attached hydrogen (secondary N) is 1. The highest BCUT2D eigenvalue weighted by Gasteiger charge is 2.25. The van der Waals surface area contributed by atoms with Crippen LogP contribution in [0.3, 0.4) is 0 Å². The van der Waals surface area contributed by atoms with Gasteiger partial charge in [-0.15, -0.1) is 24.8 Å². The number of rotatable bonds is 7. The van der Waals surface area contributed by atoms with Crippen molar-refractivity contribution >= 4 is 24.8 Å². The summed E-state index contributed by atoms with van der Waals surface area (Å²) in [5.74, 6) is 1.95. The molecular formula is C17H30Cl2N2O4. The molecule has 0 bridgehead atoms. The number of nitrogens with zero attached hydrogens (tertiary/aromatic N) is 1. The third-order valence-electron chi connectivity index (χ3n) is 4.30. The number of halogens is 2. The van der Waals surface area contributed by atoms with Gasteiger partial charge >= 0.3 is 0 Å². The van der Waals surface area contributed by atoms with Crippen molar-refractivity contribution < 1.29 is 19.3 Å². The zero-order valence-electron chi connectivity index (χ0n) is 15.3. The number of ether oxygens (including phenoxy) is 3. The molecule has 1 aromatic rings. The Morgan fingerprint density at radius 1 is 1.16 bits per heavy atom. The third-order valence-corrected chi connectivity index (χ3v) is 4.30. The minimum atomic E-state index is -0.308. The van der Waals surface area contributed by atoms with E-state index < -0.39 is 0 Å². The van der Waals surface area contributed by atoms with Gasteiger partial charge in [0.2, 0.25) is 5.75 Å². The van der Waals surface area contributed by atoms with Gasteiger partial charge in [0, 0.05) is 32.2 Å². The average Bonchev–Trinajstić information content (AvgIpc) is 2.60. The van der Waals surface area contributed by atoms with Crippen LogP contribution in [0, 0.1) is 0 Å². The van der Waals surface area contributed by atoms with Crippen LogP contribution in [0.25, 0.3) is 0 Å². The van der Waals surface area contributed by atoms with E-state index >= 15 is 0 Å². The molecule has 1 aliphatic rings. The van der Waals surface area contributed by atoms with Crippen LogP contribution in [0.4, 0.5) is 0 Å². The van der Waals surface area contributed by atoms with Crippen LogP contribution in [0.1, 0.15) is 18.9 Å². The molecule has 0 amide bonds. The van der Waals surface area contributed by atoms with Crippen LogP contribution < -0.4 is 19.5 Å². The lowest BCUT2D eigenvalue weighted by molar-refractivity contribution is 0.0744. The Hall–Kier alpha value is -0.920. The first kappa shape index (κ1) is 24.1. The Morgan fingerprint density at radius 2 is 1.76 bits per heavy atom. The first-order valence-electron chi connectivity index (χ1n) is 8.05. The molecule has 1 heterocycles. The summed E-state index contributed by atoms with van der Waals surface area (Å²) in [6.07, 6.45) is 0.452. The van der Waals surface area contributed by atoms with E-state index in [0.717, 1.165) is 38.2 Å². The molecule has 146 valence electrons. The number of hydrogen-bond donors (Lipinski definition) is 2. The molecule has 0 aliphatic carbocycles. The van der Waals surface area contributed by atoms with Crippen LogP contribution in [0.2, 0.25) is 0 Å². The van der Waals surface area contributed by atoms with Crippen molar-refractivity contribution in [2.45, 2.75) is 32.0 Å². The molecule has 0 radical (unpaired) electrons. The lowest BCUT2D eigenvalue weighted by atomic mass is 10.1. The number of methoxy groups -OCH3 is 3. The fourth-order valence-corrected chi connectivity index (χ4v) is 3.01. The summed E-state index contributed by atoms with van der Waals surface area (Å²) in [5.41, 5.74) is 1.10. The van der Waals surface area contributed by atoms with E-state index in [-0.39, 0.29) is 37.0 Å². The van der Waals surface area contributed by atoms with Crippen LogP contribution in [0.15, 0.2) is 12.1 Å². The van der Waals surface area contributed by atoms with E-state index in [9.17, 15) is 5.11 Å². The van der Waals surface area contributed by atoms with Gasteiger partial charge in [-0.2, -0.15) is 0 Å². The molecule has 1 aliphatic heterocycles. The summed E-state index contributed by atoms with van der Waals surface area (Å²) in [4.78, 5) is 2.33. The maximum Gasteiger partial charge on any atom is 0.203 e. The zero-order valence-corrected chi connectivity index (χ0v) is 16.9. The zero-order chi connectivity index (χ0) is 16.8. The molecule has 1 fully saturated rings. The highest BCUT2D eigenvalue weighted by molar-refractivity contribution is 5.85. The number of piperazine rings is 1. The van der Waals surface area contributed by atoms with Gasteiger partial charge in [0.25, 0.3) is 0 Å². The molecule has 0 spiro atoms. The lowest BCUT2D eigenvalue weighted by Crippen LogP contribution is -2.55. The van der Waals surface area contributed by atoms with Crippen molar-refractivity contribution in [3.63, 3.8) is 0 Å². The summed E-state index contributed by atoms with van der Waals surface area (Å²) in [6, 6.07) is 4.08. The quantitative estimate of drug-likeness (QED) is 0.735. The highest BCUT2D eigenvalue weighted by atomic mass is 35.5. The molecule has 25 heavy (non-hydrogen) atoms. The van der Waals surface area contributed by atoms with E-state index in [2.05, 4.69) is 10.2 Å². The number of aliphatic hydroxyl groups excluding tert-OH is 1. The topological polar surface area (TPSA) is 63.2 Å². The van der Waals surface area contributed by atoms with E-state index in [1.54, 1.807) is 21.3 Å². The molecule has 8 heteroatoms. The normalized spacial score (nSPS) is 18.5. The molecule has 6 nitrogen and oxygen atoms in total. The smallest absolute Gasteiger partial charge is 0.203 e. The summed E-state index contributed by atoms with van der Waals surface area (Å²) < 4.78 is 16.2. The Morgan fingerprint density at radius 3 is 2.24 bits per heavy atom. The second-order valence-electron chi connectivity index (χ2n) is 5.80. The first-order chi connectivity index (χ1) is 11.1. The standard InChI is InChI=1S/C17H28N2O4.2ClH/c1-5-14(20)13-11-19(7-6-18-13)10-12-8-15(21-2)17(23-4)16(9-12)22-3;;/h8-9,13-14,18,20H,5-7,10-11H2,1-4H3;2*1H. The number of benzene rings is 1. The van der Waals surface area contributed by atoms with Gasteiger partial charge in [-0.3, -0.25) is 4.90 Å². The molecule has 0 saturated carbocycles. The lowest BCUT2D eigenvalue weighted by Gasteiger charge is -2.36. The van der Waals surface area contributed by atoms with Gasteiger partial charge in [0.1, 0.15) is 0 Å². The van der Waals surface area contributed by atoms with Crippen LogP contribution in [0.5, 0.6) is 17.2 Å². The number of aliphatic hydroxyl groups is 1. The average molecular weight is 397 g/mol.